The second-order valence-corrected chi connectivity index (χ2v) is 3.95. The van der Waals surface area contributed by atoms with Crippen molar-refractivity contribution in [1.82, 2.24) is 10.2 Å². The molecule has 0 spiro atoms. The van der Waals surface area contributed by atoms with Crippen LogP contribution in [0, 0.1) is 0 Å². The predicted molar refractivity (Wildman–Crippen MR) is 50.1 cm³/mol. The Morgan fingerprint density at radius 1 is 1.54 bits per heavy atom. The molecule has 0 aromatic heterocycles. The van der Waals surface area contributed by atoms with Crippen LogP contribution in [0.15, 0.2) is 12.3 Å². The minimum Gasteiger partial charge on any atom is -0.443 e. The monoisotopic (exact) mass is 184 g/mol. The summed E-state index contributed by atoms with van der Waals surface area (Å²) in [4.78, 5) is 12.9. The van der Waals surface area contributed by atoms with E-state index in [0.717, 1.165) is 6.54 Å². The summed E-state index contributed by atoms with van der Waals surface area (Å²) in [6.07, 6.45) is 3.31. The van der Waals surface area contributed by atoms with Crippen LogP contribution in [-0.2, 0) is 4.74 Å². The maximum absolute atomic E-state index is 11.4. The predicted octanol–water partition coefficient (Wildman–Crippen LogP) is 1.30. The Kier molecular flexibility index (Phi) is 2.93. The molecule has 0 bridgehead atoms. The number of hydrogen-bond donors (Lipinski definition) is 1. The Labute approximate surface area is 78.5 Å². The zero-order valence-electron chi connectivity index (χ0n) is 8.33. The second kappa shape index (κ2) is 3.79. The molecule has 4 heteroatoms. The van der Waals surface area contributed by atoms with Gasteiger partial charge in [-0.25, -0.2) is 4.79 Å². The summed E-state index contributed by atoms with van der Waals surface area (Å²) in [5.41, 5.74) is -0.428. The fourth-order valence-electron chi connectivity index (χ4n) is 0.947. The molecule has 4 nitrogen and oxygen atoms in total. The van der Waals surface area contributed by atoms with Gasteiger partial charge in [0.2, 0.25) is 0 Å². The molecule has 0 saturated heterocycles. The summed E-state index contributed by atoms with van der Waals surface area (Å²) in [7, 11) is 0. The van der Waals surface area contributed by atoms with Crippen LogP contribution >= 0.6 is 0 Å². The van der Waals surface area contributed by atoms with Gasteiger partial charge >= 0.3 is 6.09 Å². The second-order valence-electron chi connectivity index (χ2n) is 3.95. The Morgan fingerprint density at radius 2 is 2.23 bits per heavy atom. The average Bonchev–Trinajstić information content (AvgIpc) is 2.03. The topological polar surface area (TPSA) is 41.6 Å². The van der Waals surface area contributed by atoms with Crippen molar-refractivity contribution in [3.63, 3.8) is 0 Å². The van der Waals surface area contributed by atoms with Crippen molar-refractivity contribution in [2.24, 2.45) is 0 Å². The quantitative estimate of drug-likeness (QED) is 0.617. The van der Waals surface area contributed by atoms with Crippen molar-refractivity contribution in [2.75, 3.05) is 13.2 Å². The van der Waals surface area contributed by atoms with Crippen molar-refractivity contribution >= 4 is 6.09 Å². The number of ether oxygens (including phenoxy) is 1. The van der Waals surface area contributed by atoms with Crippen molar-refractivity contribution in [1.29, 1.82) is 0 Å². The highest BCUT2D eigenvalue weighted by Crippen LogP contribution is 2.10. The highest BCUT2D eigenvalue weighted by Gasteiger charge is 2.20. The molecule has 1 heterocycles. The Morgan fingerprint density at radius 3 is 2.69 bits per heavy atom. The van der Waals surface area contributed by atoms with Crippen LogP contribution in [0.1, 0.15) is 20.8 Å². The van der Waals surface area contributed by atoms with Gasteiger partial charge in [0.25, 0.3) is 0 Å². The molecule has 0 saturated carbocycles. The zero-order valence-corrected chi connectivity index (χ0v) is 8.33. The van der Waals surface area contributed by atoms with E-state index in [2.05, 4.69) is 5.32 Å². The maximum Gasteiger partial charge on any atom is 0.415 e. The van der Waals surface area contributed by atoms with E-state index in [1.165, 1.54) is 4.90 Å². The summed E-state index contributed by atoms with van der Waals surface area (Å²) in [5.74, 6) is 0. The molecule has 1 rings (SSSR count). The van der Waals surface area contributed by atoms with E-state index in [9.17, 15) is 4.79 Å². The molecule has 1 aliphatic rings. The van der Waals surface area contributed by atoms with E-state index in [4.69, 9.17) is 4.74 Å². The molecule has 0 fully saturated rings. The third-order valence-electron chi connectivity index (χ3n) is 1.46. The number of nitrogens with zero attached hydrogens (tertiary/aromatic N) is 1. The Bertz CT molecular complexity index is 218. The molecule has 0 unspecified atom stereocenters. The van der Waals surface area contributed by atoms with E-state index < -0.39 is 5.60 Å². The van der Waals surface area contributed by atoms with Gasteiger partial charge in [0.15, 0.2) is 0 Å². The van der Waals surface area contributed by atoms with E-state index in [1.807, 2.05) is 26.8 Å². The van der Waals surface area contributed by atoms with Crippen LogP contribution < -0.4 is 5.32 Å². The number of rotatable bonds is 0. The van der Waals surface area contributed by atoms with Crippen molar-refractivity contribution in [3.8, 4) is 0 Å². The molecule has 0 atom stereocenters. The van der Waals surface area contributed by atoms with E-state index in [-0.39, 0.29) is 6.09 Å². The van der Waals surface area contributed by atoms with Gasteiger partial charge in [0, 0.05) is 12.7 Å². The molecular formula is C9H16N2O2. The lowest BCUT2D eigenvalue weighted by molar-refractivity contribution is 0.0318. The standard InChI is InChI=1S/C9H16N2O2/c1-9(2,3)13-8(12)11-6-4-5-10-7-11/h4,6,10H,5,7H2,1-3H3. The Balaban J connectivity index is 2.47. The van der Waals surface area contributed by atoms with Crippen LogP contribution in [0.25, 0.3) is 0 Å². The van der Waals surface area contributed by atoms with Gasteiger partial charge in [-0.3, -0.25) is 10.2 Å². The highest BCUT2D eigenvalue weighted by molar-refractivity contribution is 5.69. The smallest absolute Gasteiger partial charge is 0.415 e. The molecular weight excluding hydrogens is 168 g/mol. The minimum absolute atomic E-state index is 0.309. The molecule has 0 aromatic rings. The van der Waals surface area contributed by atoms with Gasteiger partial charge < -0.3 is 4.74 Å². The van der Waals surface area contributed by atoms with E-state index in [0.29, 0.717) is 6.67 Å². The summed E-state index contributed by atoms with van der Waals surface area (Å²) in [6, 6.07) is 0. The normalized spacial score (nSPS) is 17.3. The van der Waals surface area contributed by atoms with Crippen LogP contribution in [-0.4, -0.2) is 29.8 Å². The van der Waals surface area contributed by atoms with Gasteiger partial charge in [-0.2, -0.15) is 0 Å². The van der Waals surface area contributed by atoms with E-state index in [1.54, 1.807) is 6.20 Å². The maximum atomic E-state index is 11.4. The molecule has 74 valence electrons. The molecule has 13 heavy (non-hydrogen) atoms. The number of carbonyl (C=O) groups excluding carboxylic acids is 1. The first-order valence-electron chi connectivity index (χ1n) is 4.36. The SMILES string of the molecule is CC(C)(C)OC(=O)N1C=CCNC1. The van der Waals surface area contributed by atoms with Crippen molar-refractivity contribution in [2.45, 2.75) is 26.4 Å². The van der Waals surface area contributed by atoms with Crippen LogP contribution in [0.2, 0.25) is 0 Å². The molecule has 1 N–H and O–H groups in total. The first kappa shape index (κ1) is 10.1. The lowest BCUT2D eigenvalue weighted by atomic mass is 10.2. The lowest BCUT2D eigenvalue weighted by Gasteiger charge is -2.26. The Hall–Kier alpha value is -1.03. The molecule has 1 aliphatic heterocycles. The fourth-order valence-corrected chi connectivity index (χ4v) is 0.947. The number of hydrogen-bond acceptors (Lipinski definition) is 3. The summed E-state index contributed by atoms with van der Waals surface area (Å²) in [5, 5.41) is 3.04. The first-order valence-corrected chi connectivity index (χ1v) is 4.36. The fraction of sp³-hybridized carbons (Fsp3) is 0.667. The van der Waals surface area contributed by atoms with Gasteiger partial charge in [-0.15, -0.1) is 0 Å². The molecule has 0 radical (unpaired) electrons. The average molecular weight is 184 g/mol. The number of amides is 1. The summed E-state index contributed by atoms with van der Waals surface area (Å²) < 4.78 is 5.17. The van der Waals surface area contributed by atoms with Gasteiger partial charge in [0.1, 0.15) is 5.60 Å². The first-order chi connectivity index (χ1) is 5.99. The number of nitrogens with one attached hydrogen (secondary N) is 1. The van der Waals surface area contributed by atoms with Crippen molar-refractivity contribution < 1.29 is 9.53 Å². The van der Waals surface area contributed by atoms with Gasteiger partial charge in [-0.1, -0.05) is 6.08 Å². The molecule has 0 aromatic carbocycles. The molecule has 1 amide bonds. The lowest BCUT2D eigenvalue weighted by Crippen LogP contribution is -2.41. The van der Waals surface area contributed by atoms with Gasteiger partial charge in [0.05, 0.1) is 6.67 Å². The van der Waals surface area contributed by atoms with Gasteiger partial charge in [-0.05, 0) is 20.8 Å². The van der Waals surface area contributed by atoms with Crippen molar-refractivity contribution in [3.05, 3.63) is 12.3 Å². The third kappa shape index (κ3) is 3.46. The largest absolute Gasteiger partial charge is 0.443 e. The zero-order chi connectivity index (χ0) is 9.90. The summed E-state index contributed by atoms with van der Waals surface area (Å²) in [6.45, 7) is 6.88. The highest BCUT2D eigenvalue weighted by atomic mass is 16.6. The minimum atomic E-state index is -0.428. The number of carbonyl (C=O) groups is 1. The van der Waals surface area contributed by atoms with Crippen LogP contribution in [0.3, 0.4) is 0 Å². The summed E-state index contributed by atoms with van der Waals surface area (Å²) >= 11 is 0. The molecule has 0 aliphatic carbocycles. The van der Waals surface area contributed by atoms with E-state index >= 15 is 0 Å². The van der Waals surface area contributed by atoms with Crippen LogP contribution in [0.5, 0.6) is 0 Å². The van der Waals surface area contributed by atoms with Crippen LogP contribution in [0.4, 0.5) is 4.79 Å². The third-order valence-corrected chi connectivity index (χ3v) is 1.46.